The van der Waals surface area contributed by atoms with Gasteiger partial charge in [0, 0.05) is 17.8 Å². The third kappa shape index (κ3) is 5.36. The number of amides is 2. The van der Waals surface area contributed by atoms with Crippen LogP contribution in [0, 0.1) is 0 Å². The number of nitrogens with two attached hydrogens (primary N) is 1. The lowest BCUT2D eigenvalue weighted by Gasteiger charge is -2.14. The number of benzene rings is 1. The summed E-state index contributed by atoms with van der Waals surface area (Å²) in [5.41, 5.74) is 5.79. The van der Waals surface area contributed by atoms with Crippen LogP contribution in [-0.2, 0) is 16.1 Å². The van der Waals surface area contributed by atoms with Crippen molar-refractivity contribution in [2.24, 2.45) is 5.73 Å². The lowest BCUT2D eigenvalue weighted by molar-refractivity contribution is -0.124. The van der Waals surface area contributed by atoms with Crippen molar-refractivity contribution in [2.45, 2.75) is 12.6 Å². The second-order valence-electron chi connectivity index (χ2n) is 4.43. The molecule has 1 rings (SSSR count). The van der Waals surface area contributed by atoms with Crippen molar-refractivity contribution in [1.29, 1.82) is 0 Å². The lowest BCUT2D eigenvalue weighted by Crippen LogP contribution is -2.43. The molecule has 0 unspecified atom stereocenters. The van der Waals surface area contributed by atoms with Crippen molar-refractivity contribution < 1.29 is 19.8 Å². The van der Waals surface area contributed by atoms with Gasteiger partial charge in [0.1, 0.15) is 5.57 Å². The first-order valence-corrected chi connectivity index (χ1v) is 6.86. The smallest absolute Gasteiger partial charge is 0.258 e. The van der Waals surface area contributed by atoms with Gasteiger partial charge in [0.15, 0.2) is 0 Å². The Hall–Kier alpha value is -2.09. The molecule has 7 nitrogen and oxygen atoms in total. The largest absolute Gasteiger partial charge is 0.404 e. The zero-order chi connectivity index (χ0) is 16.5. The maximum absolute atomic E-state index is 11.9. The molecule has 8 heteroatoms. The van der Waals surface area contributed by atoms with Crippen LogP contribution in [0.4, 0.5) is 0 Å². The van der Waals surface area contributed by atoms with Crippen LogP contribution < -0.4 is 16.4 Å². The Balaban J connectivity index is 2.61. The number of hydrogen-bond acceptors (Lipinski definition) is 5. The van der Waals surface area contributed by atoms with Crippen LogP contribution in [0.15, 0.2) is 36.0 Å². The van der Waals surface area contributed by atoms with Gasteiger partial charge in [-0.3, -0.25) is 9.59 Å². The summed E-state index contributed by atoms with van der Waals surface area (Å²) in [5, 5.41) is 23.2. The van der Waals surface area contributed by atoms with Crippen molar-refractivity contribution in [1.82, 2.24) is 10.6 Å². The van der Waals surface area contributed by atoms with E-state index < -0.39 is 31.1 Å². The van der Waals surface area contributed by atoms with Crippen LogP contribution >= 0.6 is 11.6 Å². The molecule has 6 N–H and O–H groups in total. The quantitative estimate of drug-likeness (QED) is 0.256. The molecule has 0 atom stereocenters. The topological polar surface area (TPSA) is 125 Å². The Kier molecular flexibility index (Phi) is 7.38. The molecule has 0 bridgehead atoms. The van der Waals surface area contributed by atoms with Crippen molar-refractivity contribution in [2.75, 3.05) is 13.2 Å². The predicted molar refractivity (Wildman–Crippen MR) is 81.7 cm³/mol. The third-order valence-corrected chi connectivity index (χ3v) is 3.05. The Morgan fingerprint density at radius 1 is 1.18 bits per heavy atom. The van der Waals surface area contributed by atoms with E-state index in [9.17, 15) is 9.59 Å². The molecule has 0 saturated heterocycles. The van der Waals surface area contributed by atoms with Gasteiger partial charge in [0.25, 0.3) is 11.8 Å². The van der Waals surface area contributed by atoms with E-state index in [1.54, 1.807) is 24.3 Å². The minimum Gasteiger partial charge on any atom is -0.404 e. The third-order valence-electron chi connectivity index (χ3n) is 2.80. The summed E-state index contributed by atoms with van der Waals surface area (Å²) in [7, 11) is 0. The molecule has 1 aromatic carbocycles. The first-order chi connectivity index (χ1) is 10.5. The highest BCUT2D eigenvalue weighted by Crippen LogP contribution is 2.09. The zero-order valence-corrected chi connectivity index (χ0v) is 12.5. The standard InChI is InChI=1S/C14H18ClN3O4/c15-10-3-1-9(2-4-10)6-17-13(21)12(5-16)14(22)18-11(7-19)8-20/h1-5,11,19-20H,6-8,16H2,(H,17,21)(H,18,22)/b12-5+. The van der Waals surface area contributed by atoms with E-state index in [-0.39, 0.29) is 12.1 Å². The molecule has 0 aliphatic rings. The van der Waals surface area contributed by atoms with Crippen LogP contribution in [-0.4, -0.2) is 41.3 Å². The molecule has 120 valence electrons. The van der Waals surface area contributed by atoms with Crippen LogP contribution in [0.2, 0.25) is 5.02 Å². The molecule has 0 spiro atoms. The number of nitrogens with one attached hydrogen (secondary N) is 2. The Morgan fingerprint density at radius 3 is 2.27 bits per heavy atom. The van der Waals surface area contributed by atoms with E-state index in [1.807, 2.05) is 0 Å². The molecule has 1 aromatic rings. The molecule has 0 aliphatic heterocycles. The van der Waals surface area contributed by atoms with Gasteiger partial charge in [-0.15, -0.1) is 0 Å². The molecule has 0 fully saturated rings. The molecule has 2 amide bonds. The van der Waals surface area contributed by atoms with E-state index in [4.69, 9.17) is 27.5 Å². The fourth-order valence-electron chi connectivity index (χ4n) is 1.55. The van der Waals surface area contributed by atoms with Gasteiger partial charge in [-0.25, -0.2) is 0 Å². The molecule has 22 heavy (non-hydrogen) atoms. The highest BCUT2D eigenvalue weighted by Gasteiger charge is 2.20. The van der Waals surface area contributed by atoms with Crippen LogP contribution in [0.3, 0.4) is 0 Å². The molecule has 0 radical (unpaired) electrons. The summed E-state index contributed by atoms with van der Waals surface area (Å²) in [5.74, 6) is -1.44. The Morgan fingerprint density at radius 2 is 1.77 bits per heavy atom. The van der Waals surface area contributed by atoms with Crippen LogP contribution in [0.1, 0.15) is 5.56 Å². The average Bonchev–Trinajstić information content (AvgIpc) is 2.52. The van der Waals surface area contributed by atoms with Gasteiger partial charge < -0.3 is 26.6 Å². The minimum absolute atomic E-state index is 0.198. The average molecular weight is 328 g/mol. The SMILES string of the molecule is N/C=C(\C(=O)NCc1ccc(Cl)cc1)C(=O)NC(CO)CO. The van der Waals surface area contributed by atoms with E-state index in [2.05, 4.69) is 10.6 Å². The summed E-state index contributed by atoms with van der Waals surface area (Å²) < 4.78 is 0. The van der Waals surface area contributed by atoms with Crippen molar-refractivity contribution in [3.63, 3.8) is 0 Å². The monoisotopic (exact) mass is 327 g/mol. The summed E-state index contributed by atoms with van der Waals surface area (Å²) in [6.45, 7) is -0.705. The Bertz CT molecular complexity index is 542. The van der Waals surface area contributed by atoms with Gasteiger partial charge in [-0.1, -0.05) is 23.7 Å². The van der Waals surface area contributed by atoms with E-state index in [0.29, 0.717) is 5.02 Å². The second kappa shape index (κ2) is 9.04. The van der Waals surface area contributed by atoms with Gasteiger partial charge >= 0.3 is 0 Å². The predicted octanol–water partition coefficient (Wildman–Crippen LogP) is -0.732. The second-order valence-corrected chi connectivity index (χ2v) is 4.86. The number of aliphatic hydroxyl groups excluding tert-OH is 2. The normalized spacial score (nSPS) is 11.4. The lowest BCUT2D eigenvalue weighted by atomic mass is 10.2. The number of hydrogen-bond donors (Lipinski definition) is 5. The number of rotatable bonds is 7. The number of carbonyl (C=O) groups excluding carboxylic acids is 2. The zero-order valence-electron chi connectivity index (χ0n) is 11.8. The number of carbonyl (C=O) groups is 2. The molecule has 0 aromatic heterocycles. The minimum atomic E-state index is -0.855. The van der Waals surface area contributed by atoms with Crippen LogP contribution in [0.25, 0.3) is 0 Å². The molecule has 0 saturated carbocycles. The molecule has 0 aliphatic carbocycles. The summed E-state index contributed by atoms with van der Waals surface area (Å²) >= 11 is 5.76. The van der Waals surface area contributed by atoms with E-state index in [1.165, 1.54) is 0 Å². The number of halogens is 1. The van der Waals surface area contributed by atoms with E-state index in [0.717, 1.165) is 11.8 Å². The molecule has 0 heterocycles. The maximum Gasteiger partial charge on any atom is 0.258 e. The molecular weight excluding hydrogens is 310 g/mol. The fraction of sp³-hybridized carbons (Fsp3) is 0.286. The fourth-order valence-corrected chi connectivity index (χ4v) is 1.67. The summed E-state index contributed by atoms with van der Waals surface area (Å²) in [4.78, 5) is 23.8. The first kappa shape index (κ1) is 18.0. The van der Waals surface area contributed by atoms with Crippen molar-refractivity contribution in [3.8, 4) is 0 Å². The Labute approximate surface area is 132 Å². The van der Waals surface area contributed by atoms with Crippen molar-refractivity contribution >= 4 is 23.4 Å². The summed E-state index contributed by atoms with van der Waals surface area (Å²) in [6.07, 6.45) is 0.873. The molecular formula is C14H18ClN3O4. The van der Waals surface area contributed by atoms with Crippen molar-refractivity contribution in [3.05, 3.63) is 46.6 Å². The summed E-state index contributed by atoms with van der Waals surface area (Å²) in [6, 6.07) is 5.99. The van der Waals surface area contributed by atoms with E-state index >= 15 is 0 Å². The van der Waals surface area contributed by atoms with Crippen LogP contribution in [0.5, 0.6) is 0 Å². The van der Waals surface area contributed by atoms with Gasteiger partial charge in [0.2, 0.25) is 0 Å². The highest BCUT2D eigenvalue weighted by molar-refractivity contribution is 6.30. The maximum atomic E-state index is 11.9. The highest BCUT2D eigenvalue weighted by atomic mass is 35.5. The first-order valence-electron chi connectivity index (χ1n) is 6.49. The van der Waals surface area contributed by atoms with Gasteiger partial charge in [-0.05, 0) is 17.7 Å². The van der Waals surface area contributed by atoms with Gasteiger partial charge in [0.05, 0.1) is 19.3 Å². The number of aliphatic hydroxyl groups is 2. The van der Waals surface area contributed by atoms with Gasteiger partial charge in [-0.2, -0.15) is 0 Å².